The van der Waals surface area contributed by atoms with Crippen molar-refractivity contribution in [2.24, 2.45) is 0 Å². The van der Waals surface area contributed by atoms with Crippen molar-refractivity contribution < 1.29 is 8.60 Å². The molecular weight excluding hydrogens is 339 g/mol. The highest BCUT2D eigenvalue weighted by molar-refractivity contribution is 9.10. The Kier molecular flexibility index (Phi) is 4.34. The summed E-state index contributed by atoms with van der Waals surface area (Å²) in [5.74, 6) is 0.812. The fourth-order valence-electron chi connectivity index (χ4n) is 1.71. The second-order valence-electron chi connectivity index (χ2n) is 3.80. The maximum atomic E-state index is 13.5. The van der Waals surface area contributed by atoms with Gasteiger partial charge in [0.05, 0.1) is 15.5 Å². The van der Waals surface area contributed by atoms with Crippen molar-refractivity contribution in [3.05, 3.63) is 27.2 Å². The molecule has 0 bridgehead atoms. The molecule has 0 aliphatic heterocycles. The lowest BCUT2D eigenvalue weighted by Gasteiger charge is -2.04. The number of nitrogens with one attached hydrogen (secondary N) is 1. The molecule has 1 heterocycles. The van der Waals surface area contributed by atoms with Gasteiger partial charge in [-0.05, 0) is 34.2 Å². The first kappa shape index (κ1) is 13.9. The van der Waals surface area contributed by atoms with Gasteiger partial charge in [-0.2, -0.15) is 0 Å². The molecule has 0 aliphatic rings. The van der Waals surface area contributed by atoms with Gasteiger partial charge in [-0.1, -0.05) is 6.92 Å². The quantitative estimate of drug-likeness (QED) is 0.858. The van der Waals surface area contributed by atoms with Crippen LogP contribution in [0.5, 0.6) is 0 Å². The standard InChI is InChI=1S/C11H12BrFN2OS2/c1-2-18(16)4-3-15-10-6-8(13)7(12)5-9(10)14-11(15)17/h5-6H,2-4H2,1H3,(H,14,17). The molecule has 1 N–H and O–H groups in total. The monoisotopic (exact) mass is 350 g/mol. The molecule has 0 radical (unpaired) electrons. The minimum absolute atomic E-state index is 0.332. The summed E-state index contributed by atoms with van der Waals surface area (Å²) >= 11 is 8.34. The zero-order chi connectivity index (χ0) is 13.3. The number of imidazole rings is 1. The summed E-state index contributed by atoms with van der Waals surface area (Å²) in [7, 11) is -0.857. The first-order valence-electron chi connectivity index (χ1n) is 5.45. The Morgan fingerprint density at radius 1 is 1.56 bits per heavy atom. The molecular formula is C11H12BrFN2OS2. The lowest BCUT2D eigenvalue weighted by atomic mass is 10.3. The van der Waals surface area contributed by atoms with Crippen molar-refractivity contribution >= 4 is 50.0 Å². The largest absolute Gasteiger partial charge is 0.331 e. The molecule has 98 valence electrons. The molecule has 1 atom stereocenters. The van der Waals surface area contributed by atoms with Crippen LogP contribution < -0.4 is 0 Å². The highest BCUT2D eigenvalue weighted by Gasteiger charge is 2.09. The van der Waals surface area contributed by atoms with E-state index in [0.29, 0.717) is 32.8 Å². The number of H-pyrrole nitrogens is 1. The average molecular weight is 351 g/mol. The maximum Gasteiger partial charge on any atom is 0.178 e. The first-order valence-corrected chi connectivity index (χ1v) is 8.14. The molecule has 0 amide bonds. The minimum Gasteiger partial charge on any atom is -0.331 e. The SMILES string of the molecule is CCS(=O)CCn1c(=S)[nH]c2cc(Br)c(F)cc21. The Morgan fingerprint density at radius 2 is 2.28 bits per heavy atom. The molecule has 1 aromatic carbocycles. The summed E-state index contributed by atoms with van der Waals surface area (Å²) < 4.78 is 27.7. The Balaban J connectivity index is 2.44. The van der Waals surface area contributed by atoms with Crippen molar-refractivity contribution in [3.63, 3.8) is 0 Å². The second kappa shape index (κ2) is 5.63. The molecule has 0 spiro atoms. The van der Waals surface area contributed by atoms with Crippen molar-refractivity contribution in [1.29, 1.82) is 0 Å². The summed E-state index contributed by atoms with van der Waals surface area (Å²) in [5.41, 5.74) is 1.48. The van der Waals surface area contributed by atoms with E-state index in [9.17, 15) is 8.60 Å². The molecule has 0 saturated heterocycles. The predicted octanol–water partition coefficient (Wildman–Crippen LogP) is 3.37. The number of fused-ring (bicyclic) bond motifs is 1. The van der Waals surface area contributed by atoms with Crippen LogP contribution in [0.25, 0.3) is 11.0 Å². The fourth-order valence-corrected chi connectivity index (χ4v) is 3.03. The van der Waals surface area contributed by atoms with E-state index in [0.717, 1.165) is 5.52 Å². The van der Waals surface area contributed by atoms with Crippen LogP contribution >= 0.6 is 28.1 Å². The smallest absolute Gasteiger partial charge is 0.178 e. The van der Waals surface area contributed by atoms with Gasteiger partial charge >= 0.3 is 0 Å². The van der Waals surface area contributed by atoms with E-state index in [1.54, 1.807) is 10.6 Å². The first-order chi connectivity index (χ1) is 8.52. The van der Waals surface area contributed by atoms with E-state index >= 15 is 0 Å². The number of hydrogen-bond donors (Lipinski definition) is 1. The van der Waals surface area contributed by atoms with Gasteiger partial charge in [0, 0.05) is 34.9 Å². The minimum atomic E-state index is -0.857. The summed E-state index contributed by atoms with van der Waals surface area (Å²) in [6.45, 7) is 2.40. The van der Waals surface area contributed by atoms with Crippen LogP contribution in [-0.4, -0.2) is 25.3 Å². The van der Waals surface area contributed by atoms with E-state index in [1.165, 1.54) is 6.07 Å². The topological polar surface area (TPSA) is 37.8 Å². The third-order valence-electron chi connectivity index (χ3n) is 2.68. The number of aryl methyl sites for hydroxylation is 1. The van der Waals surface area contributed by atoms with Crippen LogP contribution in [0.3, 0.4) is 0 Å². The highest BCUT2D eigenvalue weighted by atomic mass is 79.9. The molecule has 1 unspecified atom stereocenters. The Bertz CT molecular complexity index is 665. The molecule has 18 heavy (non-hydrogen) atoms. The molecule has 0 fully saturated rings. The van der Waals surface area contributed by atoms with Gasteiger partial charge in [0.25, 0.3) is 0 Å². The average Bonchev–Trinajstić information content (AvgIpc) is 2.62. The van der Waals surface area contributed by atoms with Crippen LogP contribution in [0.1, 0.15) is 6.92 Å². The fraction of sp³-hybridized carbons (Fsp3) is 0.364. The second-order valence-corrected chi connectivity index (χ2v) is 6.90. The van der Waals surface area contributed by atoms with Crippen molar-refractivity contribution in [3.8, 4) is 0 Å². The number of nitrogens with zero attached hydrogens (tertiary/aromatic N) is 1. The van der Waals surface area contributed by atoms with E-state index in [-0.39, 0.29) is 5.82 Å². The van der Waals surface area contributed by atoms with Crippen molar-refractivity contribution in [1.82, 2.24) is 9.55 Å². The summed E-state index contributed by atoms with van der Waals surface area (Å²) in [6, 6.07) is 3.09. The van der Waals surface area contributed by atoms with Gasteiger partial charge in [0.15, 0.2) is 4.77 Å². The van der Waals surface area contributed by atoms with Crippen molar-refractivity contribution in [2.45, 2.75) is 13.5 Å². The normalized spacial score (nSPS) is 13.1. The number of aromatic nitrogens is 2. The number of rotatable bonds is 4. The van der Waals surface area contributed by atoms with Crippen LogP contribution in [0, 0.1) is 10.6 Å². The van der Waals surface area contributed by atoms with Gasteiger partial charge in [0.2, 0.25) is 0 Å². The molecule has 0 aliphatic carbocycles. The highest BCUT2D eigenvalue weighted by Crippen LogP contribution is 2.23. The van der Waals surface area contributed by atoms with Gasteiger partial charge < -0.3 is 9.55 Å². The van der Waals surface area contributed by atoms with Crippen LogP contribution in [0.2, 0.25) is 0 Å². The lowest BCUT2D eigenvalue weighted by molar-refractivity contribution is 0.621. The van der Waals surface area contributed by atoms with Crippen LogP contribution in [-0.2, 0) is 17.3 Å². The number of aromatic amines is 1. The van der Waals surface area contributed by atoms with E-state index in [4.69, 9.17) is 12.2 Å². The Morgan fingerprint density at radius 3 is 2.94 bits per heavy atom. The van der Waals surface area contributed by atoms with Crippen LogP contribution in [0.15, 0.2) is 16.6 Å². The molecule has 3 nitrogen and oxygen atoms in total. The lowest BCUT2D eigenvalue weighted by Crippen LogP contribution is -2.09. The third-order valence-corrected chi connectivity index (χ3v) is 4.89. The molecule has 2 aromatic rings. The zero-order valence-corrected chi connectivity index (χ0v) is 12.9. The molecule has 7 heteroatoms. The summed E-state index contributed by atoms with van der Waals surface area (Å²) in [6.07, 6.45) is 0. The number of hydrogen-bond acceptors (Lipinski definition) is 2. The molecule has 1 aromatic heterocycles. The van der Waals surface area contributed by atoms with Gasteiger partial charge in [-0.25, -0.2) is 4.39 Å². The van der Waals surface area contributed by atoms with Gasteiger partial charge in [-0.3, -0.25) is 4.21 Å². The summed E-state index contributed by atoms with van der Waals surface area (Å²) in [5, 5.41) is 0. The zero-order valence-electron chi connectivity index (χ0n) is 9.70. The molecule has 0 saturated carbocycles. The van der Waals surface area contributed by atoms with E-state index in [1.807, 2.05) is 6.92 Å². The van der Waals surface area contributed by atoms with E-state index < -0.39 is 10.8 Å². The number of benzene rings is 1. The third kappa shape index (κ3) is 2.73. The predicted molar refractivity (Wildman–Crippen MR) is 78.3 cm³/mol. The van der Waals surface area contributed by atoms with Gasteiger partial charge in [0.1, 0.15) is 5.82 Å². The van der Waals surface area contributed by atoms with E-state index in [2.05, 4.69) is 20.9 Å². The van der Waals surface area contributed by atoms with Crippen LogP contribution in [0.4, 0.5) is 4.39 Å². The number of halogens is 2. The van der Waals surface area contributed by atoms with Crippen molar-refractivity contribution in [2.75, 3.05) is 11.5 Å². The Labute approximate surface area is 120 Å². The molecule has 2 rings (SSSR count). The summed E-state index contributed by atoms with van der Waals surface area (Å²) in [4.78, 5) is 3.02. The van der Waals surface area contributed by atoms with Gasteiger partial charge in [-0.15, -0.1) is 0 Å². The maximum absolute atomic E-state index is 13.5. The Hall–Kier alpha value is -0.530.